The van der Waals surface area contributed by atoms with Gasteiger partial charge in [0.05, 0.1) is 0 Å². The van der Waals surface area contributed by atoms with E-state index in [1.807, 2.05) is 0 Å². The highest BCUT2D eigenvalue weighted by Crippen LogP contribution is 2.30. The van der Waals surface area contributed by atoms with Gasteiger partial charge in [0, 0.05) is 4.75 Å². The highest BCUT2D eigenvalue weighted by Gasteiger charge is 2.14. The van der Waals surface area contributed by atoms with Crippen LogP contribution >= 0.6 is 11.8 Å². The SMILES string of the molecule is C=C(O[Si](C)C)SC(C)(C)C. The van der Waals surface area contributed by atoms with E-state index >= 15 is 0 Å². The Labute approximate surface area is 75.9 Å². The molecule has 0 N–H and O–H groups in total. The number of hydrogen-bond acceptors (Lipinski definition) is 2. The van der Waals surface area contributed by atoms with Crippen molar-refractivity contribution < 1.29 is 4.43 Å². The summed E-state index contributed by atoms with van der Waals surface area (Å²) in [5.74, 6) is 0. The van der Waals surface area contributed by atoms with Crippen LogP contribution in [-0.2, 0) is 4.43 Å². The van der Waals surface area contributed by atoms with Gasteiger partial charge in [0.1, 0.15) is 5.09 Å². The predicted octanol–water partition coefficient (Wildman–Crippen LogP) is 3.26. The van der Waals surface area contributed by atoms with Crippen molar-refractivity contribution in [3.8, 4) is 0 Å². The number of thioether (sulfide) groups is 1. The lowest BCUT2D eigenvalue weighted by atomic mass is 10.3. The lowest BCUT2D eigenvalue weighted by Gasteiger charge is -2.20. The maximum atomic E-state index is 5.50. The summed E-state index contributed by atoms with van der Waals surface area (Å²) in [6, 6.07) is 0. The van der Waals surface area contributed by atoms with Crippen LogP contribution in [0.1, 0.15) is 20.8 Å². The average Bonchev–Trinajstić information content (AvgIpc) is 1.53. The Balaban J connectivity index is 3.71. The number of rotatable bonds is 3. The number of hydrogen-bond donors (Lipinski definition) is 0. The first-order valence-electron chi connectivity index (χ1n) is 3.67. The van der Waals surface area contributed by atoms with Gasteiger partial charge >= 0.3 is 0 Å². The second-order valence-electron chi connectivity index (χ2n) is 3.60. The minimum atomic E-state index is -0.626. The first-order valence-corrected chi connectivity index (χ1v) is 6.89. The van der Waals surface area contributed by atoms with E-state index in [2.05, 4.69) is 40.4 Å². The molecule has 0 aromatic heterocycles. The summed E-state index contributed by atoms with van der Waals surface area (Å²) in [4.78, 5) is 0. The molecule has 1 radical (unpaired) electrons. The molecule has 0 bridgehead atoms. The van der Waals surface area contributed by atoms with E-state index in [0.717, 1.165) is 5.09 Å². The lowest BCUT2D eigenvalue weighted by Crippen LogP contribution is -2.11. The molecule has 3 heteroatoms. The van der Waals surface area contributed by atoms with Gasteiger partial charge in [-0.1, -0.05) is 39.1 Å². The zero-order valence-electron chi connectivity index (χ0n) is 8.02. The minimum Gasteiger partial charge on any atom is -0.539 e. The summed E-state index contributed by atoms with van der Waals surface area (Å²) < 4.78 is 5.71. The second kappa shape index (κ2) is 4.21. The van der Waals surface area contributed by atoms with Gasteiger partial charge in [-0.25, -0.2) is 0 Å². The van der Waals surface area contributed by atoms with Crippen LogP contribution in [0.5, 0.6) is 0 Å². The van der Waals surface area contributed by atoms with Gasteiger partial charge in [-0.3, -0.25) is 0 Å². The Bertz CT molecular complexity index is 138. The molecule has 0 aromatic carbocycles. The van der Waals surface area contributed by atoms with E-state index in [1.54, 1.807) is 11.8 Å². The van der Waals surface area contributed by atoms with Crippen molar-refractivity contribution in [1.29, 1.82) is 0 Å². The molecule has 0 saturated carbocycles. The van der Waals surface area contributed by atoms with Gasteiger partial charge in [-0.15, -0.1) is 0 Å². The predicted molar refractivity (Wildman–Crippen MR) is 55.1 cm³/mol. The summed E-state index contributed by atoms with van der Waals surface area (Å²) in [7, 11) is -0.626. The summed E-state index contributed by atoms with van der Waals surface area (Å²) in [5, 5.41) is 0.858. The van der Waals surface area contributed by atoms with Gasteiger partial charge in [0.2, 0.25) is 0 Å². The van der Waals surface area contributed by atoms with E-state index < -0.39 is 9.04 Å². The molecule has 11 heavy (non-hydrogen) atoms. The standard InChI is InChI=1S/C8H17OSSi/c1-7(9-11(5)6)10-8(2,3)4/h1H2,2-6H3. The quantitative estimate of drug-likeness (QED) is 0.498. The maximum absolute atomic E-state index is 5.50. The van der Waals surface area contributed by atoms with E-state index in [-0.39, 0.29) is 4.75 Å². The van der Waals surface area contributed by atoms with Crippen LogP contribution < -0.4 is 0 Å². The van der Waals surface area contributed by atoms with Crippen molar-refractivity contribution in [2.75, 3.05) is 0 Å². The van der Waals surface area contributed by atoms with Gasteiger partial charge < -0.3 is 4.43 Å². The maximum Gasteiger partial charge on any atom is 0.274 e. The van der Waals surface area contributed by atoms with Crippen molar-refractivity contribution in [2.24, 2.45) is 0 Å². The summed E-state index contributed by atoms with van der Waals surface area (Å²) >= 11 is 1.69. The Morgan fingerprint density at radius 1 is 1.36 bits per heavy atom. The molecule has 65 valence electrons. The van der Waals surface area contributed by atoms with Crippen LogP contribution in [-0.4, -0.2) is 13.8 Å². The van der Waals surface area contributed by atoms with Gasteiger partial charge in [-0.05, 0) is 13.1 Å². The summed E-state index contributed by atoms with van der Waals surface area (Å²) in [6.45, 7) is 14.5. The molecule has 0 atom stereocenters. The zero-order chi connectivity index (χ0) is 9.07. The molecular formula is C8H17OSSi. The molecular weight excluding hydrogens is 172 g/mol. The van der Waals surface area contributed by atoms with Gasteiger partial charge in [0.25, 0.3) is 9.04 Å². The Morgan fingerprint density at radius 2 is 1.82 bits per heavy atom. The third-order valence-corrected chi connectivity index (χ3v) is 2.46. The highest BCUT2D eigenvalue weighted by atomic mass is 32.2. The van der Waals surface area contributed by atoms with E-state index in [1.165, 1.54) is 0 Å². The zero-order valence-corrected chi connectivity index (χ0v) is 9.84. The monoisotopic (exact) mass is 189 g/mol. The molecule has 1 nitrogen and oxygen atoms in total. The van der Waals surface area contributed by atoms with Crippen molar-refractivity contribution in [1.82, 2.24) is 0 Å². The van der Waals surface area contributed by atoms with Crippen LogP contribution in [0.25, 0.3) is 0 Å². The second-order valence-corrected chi connectivity index (χ2v) is 7.50. The fourth-order valence-corrected chi connectivity index (χ4v) is 2.40. The molecule has 0 amide bonds. The van der Waals surface area contributed by atoms with E-state index in [9.17, 15) is 0 Å². The lowest BCUT2D eigenvalue weighted by molar-refractivity contribution is 0.485. The smallest absolute Gasteiger partial charge is 0.274 e. The van der Waals surface area contributed by atoms with Crippen molar-refractivity contribution in [3.63, 3.8) is 0 Å². The molecule has 0 aliphatic rings. The van der Waals surface area contributed by atoms with Crippen molar-refractivity contribution >= 4 is 20.8 Å². The fourth-order valence-electron chi connectivity index (χ4n) is 0.590. The summed E-state index contributed by atoms with van der Waals surface area (Å²) in [5.41, 5.74) is 0. The van der Waals surface area contributed by atoms with Crippen LogP contribution in [0.15, 0.2) is 11.7 Å². The fraction of sp³-hybridized carbons (Fsp3) is 0.750. The normalized spacial score (nSPS) is 11.8. The Morgan fingerprint density at radius 3 is 2.09 bits per heavy atom. The summed E-state index contributed by atoms with van der Waals surface area (Å²) in [6.07, 6.45) is 0. The van der Waals surface area contributed by atoms with Crippen LogP contribution in [0.4, 0.5) is 0 Å². The van der Waals surface area contributed by atoms with Gasteiger partial charge in [-0.2, -0.15) is 0 Å². The van der Waals surface area contributed by atoms with Crippen molar-refractivity contribution in [3.05, 3.63) is 11.7 Å². The van der Waals surface area contributed by atoms with Crippen LogP contribution in [0.2, 0.25) is 13.1 Å². The molecule has 0 spiro atoms. The third-order valence-electron chi connectivity index (χ3n) is 0.738. The highest BCUT2D eigenvalue weighted by molar-refractivity contribution is 8.04. The first kappa shape index (κ1) is 11.1. The molecule has 0 aliphatic carbocycles. The first-order chi connectivity index (χ1) is 4.81. The topological polar surface area (TPSA) is 9.23 Å². The Kier molecular flexibility index (Phi) is 4.25. The van der Waals surface area contributed by atoms with Crippen molar-refractivity contribution in [2.45, 2.75) is 38.6 Å². The third kappa shape index (κ3) is 8.01. The average molecular weight is 189 g/mol. The molecule has 0 unspecified atom stereocenters. The largest absolute Gasteiger partial charge is 0.539 e. The Hall–Kier alpha value is 0.107. The van der Waals surface area contributed by atoms with E-state index in [4.69, 9.17) is 4.43 Å². The van der Waals surface area contributed by atoms with Gasteiger partial charge in [0.15, 0.2) is 0 Å². The molecule has 0 saturated heterocycles. The molecule has 0 aliphatic heterocycles. The van der Waals surface area contributed by atoms with Crippen LogP contribution in [0, 0.1) is 0 Å². The molecule has 0 heterocycles. The molecule has 0 aromatic rings. The van der Waals surface area contributed by atoms with E-state index in [0.29, 0.717) is 0 Å². The molecule has 0 rings (SSSR count). The van der Waals surface area contributed by atoms with Crippen LogP contribution in [0.3, 0.4) is 0 Å². The minimum absolute atomic E-state index is 0.217. The molecule has 0 fully saturated rings.